The van der Waals surface area contributed by atoms with Gasteiger partial charge in [0.05, 0.1) is 0 Å². The van der Waals surface area contributed by atoms with Gasteiger partial charge in [0, 0.05) is 11.1 Å². The summed E-state index contributed by atoms with van der Waals surface area (Å²) >= 11 is 1.36. The van der Waals surface area contributed by atoms with E-state index in [1.165, 1.54) is 11.3 Å². The third-order valence-corrected chi connectivity index (χ3v) is 4.82. The number of rotatable bonds is 3. The van der Waals surface area contributed by atoms with Crippen LogP contribution in [0.15, 0.2) is 47.0 Å². The minimum absolute atomic E-state index is 0.199. The second-order valence-corrected chi connectivity index (χ2v) is 6.44. The topological polar surface area (TPSA) is 98.1 Å². The number of benzene rings is 2. The molecule has 3 N–H and O–H groups in total. The molecule has 6 nitrogen and oxygen atoms in total. The van der Waals surface area contributed by atoms with E-state index in [-0.39, 0.29) is 5.75 Å². The number of hydrogen-bond acceptors (Lipinski definition) is 7. The molecule has 0 saturated carbocycles. The molecule has 4 rings (SSSR count). The summed E-state index contributed by atoms with van der Waals surface area (Å²) in [5.41, 5.74) is 8.79. The van der Waals surface area contributed by atoms with Crippen LogP contribution in [0.1, 0.15) is 5.56 Å². The average Bonchev–Trinajstić information content (AvgIpc) is 3.23. The Bertz CT molecular complexity index is 1040. The van der Waals surface area contributed by atoms with Gasteiger partial charge in [-0.3, -0.25) is 0 Å². The lowest BCUT2D eigenvalue weighted by atomic mass is 10.1. The highest BCUT2D eigenvalue weighted by molar-refractivity contribution is 7.18. The van der Waals surface area contributed by atoms with E-state index >= 15 is 0 Å². The monoisotopic (exact) mass is 349 g/mol. The molecule has 123 valence electrons. The zero-order valence-corrected chi connectivity index (χ0v) is 14.0. The number of aryl methyl sites for hydroxylation is 1. The summed E-state index contributed by atoms with van der Waals surface area (Å²) in [6.07, 6.45) is 0. The van der Waals surface area contributed by atoms with Gasteiger partial charge in [-0.2, -0.15) is 4.98 Å². The van der Waals surface area contributed by atoms with Gasteiger partial charge in [-0.1, -0.05) is 17.3 Å². The molecule has 25 heavy (non-hydrogen) atoms. The van der Waals surface area contributed by atoms with Crippen molar-refractivity contribution < 1.29 is 9.63 Å². The lowest BCUT2D eigenvalue weighted by Gasteiger charge is -1.97. The lowest BCUT2D eigenvalue weighted by Crippen LogP contribution is -1.88. The highest BCUT2D eigenvalue weighted by atomic mass is 32.1. The molecule has 7 heteroatoms. The molecule has 0 amide bonds. The van der Waals surface area contributed by atoms with E-state index in [0.29, 0.717) is 22.4 Å². The smallest absolute Gasteiger partial charge is 0.272 e. The highest BCUT2D eigenvalue weighted by Crippen LogP contribution is 2.37. The average molecular weight is 349 g/mol. The number of nitrogens with zero attached hydrogens (tertiary/aromatic N) is 3. The maximum Gasteiger partial charge on any atom is 0.272 e. The number of nitrogens with two attached hydrogens (primary N) is 1. The molecule has 4 aromatic rings. The molecule has 1 radical (unpaired) electrons. The molecule has 2 aromatic heterocycles. The van der Waals surface area contributed by atoms with E-state index in [1.807, 2.05) is 25.1 Å². The largest absolute Gasteiger partial charge is 0.508 e. The summed E-state index contributed by atoms with van der Waals surface area (Å²) in [4.78, 5) is 9.44. The van der Waals surface area contributed by atoms with Crippen LogP contribution in [-0.2, 0) is 0 Å². The van der Waals surface area contributed by atoms with Crippen LogP contribution in [0.25, 0.3) is 32.7 Å². The van der Waals surface area contributed by atoms with E-state index in [0.717, 1.165) is 21.7 Å². The third-order valence-electron chi connectivity index (χ3n) is 3.71. The maximum atomic E-state index is 9.40. The fourth-order valence-electron chi connectivity index (χ4n) is 2.39. The Kier molecular flexibility index (Phi) is 3.70. The predicted molar refractivity (Wildman–Crippen MR) is 95.9 cm³/mol. The number of phenolic OH excluding ortho intramolecular Hbond substituents is 1. The van der Waals surface area contributed by atoms with Crippen molar-refractivity contribution in [3.63, 3.8) is 0 Å². The van der Waals surface area contributed by atoms with Crippen LogP contribution >= 0.6 is 11.3 Å². The summed E-state index contributed by atoms with van der Waals surface area (Å²) in [5, 5.41) is 14.2. The molecule has 0 aliphatic rings. The van der Waals surface area contributed by atoms with E-state index in [1.54, 1.807) is 24.3 Å². The fraction of sp³-hybridized carbons (Fsp3) is 0.0556. The molecule has 2 heterocycles. The number of hydrogen-bond donors (Lipinski definition) is 2. The summed E-state index contributed by atoms with van der Waals surface area (Å²) in [7, 11) is 0. The van der Waals surface area contributed by atoms with Crippen molar-refractivity contribution in [2.75, 3.05) is 5.73 Å². The third kappa shape index (κ3) is 2.85. The summed E-state index contributed by atoms with van der Waals surface area (Å²) in [6.45, 7) is 1.98. The first kappa shape index (κ1) is 15.3. The van der Waals surface area contributed by atoms with Crippen molar-refractivity contribution in [1.29, 1.82) is 0 Å². The van der Waals surface area contributed by atoms with Crippen molar-refractivity contribution >= 4 is 17.2 Å². The predicted octanol–water partition coefficient (Wildman–Crippen LogP) is 3.92. The van der Waals surface area contributed by atoms with Crippen LogP contribution < -0.4 is 5.73 Å². The van der Waals surface area contributed by atoms with Gasteiger partial charge in [0.1, 0.15) is 21.5 Å². The Morgan fingerprint density at radius 1 is 1.16 bits per heavy atom. The number of thiazole rings is 1. The molecule has 0 aliphatic carbocycles. The van der Waals surface area contributed by atoms with Crippen molar-refractivity contribution in [2.45, 2.75) is 6.92 Å². The fourth-order valence-corrected chi connectivity index (χ4v) is 3.30. The molecule has 0 fully saturated rings. The Morgan fingerprint density at radius 3 is 2.72 bits per heavy atom. The Labute approximate surface area is 147 Å². The molecule has 0 atom stereocenters. The Morgan fingerprint density at radius 2 is 1.96 bits per heavy atom. The van der Waals surface area contributed by atoms with Crippen LogP contribution in [0.2, 0.25) is 0 Å². The molecule has 0 bridgehead atoms. The van der Waals surface area contributed by atoms with Gasteiger partial charge >= 0.3 is 0 Å². The van der Waals surface area contributed by atoms with Crippen LogP contribution in [0.3, 0.4) is 0 Å². The van der Waals surface area contributed by atoms with Crippen molar-refractivity contribution in [1.82, 2.24) is 15.1 Å². The van der Waals surface area contributed by atoms with E-state index in [2.05, 4.69) is 21.2 Å². The molecule has 0 aliphatic heterocycles. The quantitative estimate of drug-likeness (QED) is 0.582. The standard InChI is InChI=1S/C18H13N4O2S/c1-10-4-2-3-5-13(10)16-21-17(24-22-16)14-15(19)20-18(25-14)11-6-8-12(23)9-7-11/h2,4-9,23H,19H2,1H3. The summed E-state index contributed by atoms with van der Waals surface area (Å²) in [6, 6.07) is 15.4. The molecule has 0 spiro atoms. The first-order valence-corrected chi connectivity index (χ1v) is 8.30. The van der Waals surface area contributed by atoms with Crippen molar-refractivity contribution in [2.24, 2.45) is 0 Å². The van der Waals surface area contributed by atoms with Crippen LogP contribution in [0.5, 0.6) is 5.75 Å². The lowest BCUT2D eigenvalue weighted by molar-refractivity contribution is 0.433. The maximum absolute atomic E-state index is 9.40. The molecule has 0 unspecified atom stereocenters. The number of aromatic hydroxyl groups is 1. The highest BCUT2D eigenvalue weighted by Gasteiger charge is 2.19. The van der Waals surface area contributed by atoms with Crippen molar-refractivity contribution in [3.8, 4) is 38.5 Å². The summed E-state index contributed by atoms with van der Waals surface area (Å²) in [5.74, 6) is 1.35. The molecular formula is C18H13N4O2S. The van der Waals surface area contributed by atoms with Crippen molar-refractivity contribution in [3.05, 3.63) is 54.1 Å². The number of nitrogen functional groups attached to an aromatic ring is 1. The SMILES string of the molecule is Cc1cc[c]cc1-c1noc(-c2sc(-c3ccc(O)cc3)nc2N)n1. The minimum atomic E-state index is 0.199. The first-order chi connectivity index (χ1) is 12.1. The molecule has 2 aromatic carbocycles. The zero-order chi connectivity index (χ0) is 17.4. The molecule has 0 saturated heterocycles. The van der Waals surface area contributed by atoms with Gasteiger partial charge in [-0.05, 0) is 48.9 Å². The van der Waals surface area contributed by atoms with Gasteiger partial charge in [0.15, 0.2) is 0 Å². The van der Waals surface area contributed by atoms with E-state index in [9.17, 15) is 5.11 Å². The number of phenols is 1. The Balaban J connectivity index is 1.72. The second kappa shape index (κ2) is 6.03. The number of aromatic nitrogens is 3. The zero-order valence-electron chi connectivity index (χ0n) is 13.2. The van der Waals surface area contributed by atoms with Gasteiger partial charge < -0.3 is 15.4 Å². The second-order valence-electron chi connectivity index (χ2n) is 5.44. The van der Waals surface area contributed by atoms with Crippen LogP contribution in [0.4, 0.5) is 5.82 Å². The first-order valence-electron chi connectivity index (χ1n) is 7.48. The van der Waals surface area contributed by atoms with Crippen LogP contribution in [0, 0.1) is 13.0 Å². The van der Waals surface area contributed by atoms with E-state index in [4.69, 9.17) is 10.3 Å². The Hall–Kier alpha value is -3.19. The number of anilines is 1. The normalized spacial score (nSPS) is 10.9. The van der Waals surface area contributed by atoms with Gasteiger partial charge in [0.25, 0.3) is 5.89 Å². The van der Waals surface area contributed by atoms with E-state index < -0.39 is 0 Å². The summed E-state index contributed by atoms with van der Waals surface area (Å²) < 4.78 is 5.38. The van der Waals surface area contributed by atoms with Gasteiger partial charge in [0.2, 0.25) is 5.82 Å². The molecular weight excluding hydrogens is 336 g/mol. The minimum Gasteiger partial charge on any atom is -0.508 e. The van der Waals surface area contributed by atoms with Gasteiger partial charge in [-0.15, -0.1) is 11.3 Å². The van der Waals surface area contributed by atoms with Crippen LogP contribution in [-0.4, -0.2) is 20.2 Å². The van der Waals surface area contributed by atoms with Gasteiger partial charge in [-0.25, -0.2) is 4.98 Å².